The number of rotatable bonds is 1. The quantitative estimate of drug-likeness (QED) is 0.219. The van der Waals surface area contributed by atoms with E-state index in [9.17, 15) is 0 Å². The molecule has 6 aromatic carbocycles. The largest absolute Gasteiger partial charge is 0.456 e. The Labute approximate surface area is 225 Å². The number of benzene rings is 6. The summed E-state index contributed by atoms with van der Waals surface area (Å²) in [4.78, 5) is 0. The van der Waals surface area contributed by atoms with Crippen molar-refractivity contribution in [1.82, 2.24) is 0 Å². The monoisotopic (exact) mass is 514 g/mol. The van der Waals surface area contributed by atoms with E-state index in [0.717, 1.165) is 98.9 Å². The van der Waals surface area contributed by atoms with E-state index >= 15 is 0 Å². The SMILES string of the molecule is c1ccc2c(c1)oc1cc3c(cc12)oc1ccc(-c2ccc4oc5ccc6oc7ccccc7c6c5c4c2)cc13. The molecule has 0 N–H and O–H groups in total. The van der Waals surface area contributed by atoms with Crippen LogP contribution >= 0.6 is 0 Å². The van der Waals surface area contributed by atoms with Gasteiger partial charge in [0.05, 0.1) is 0 Å². The molecule has 10 aromatic rings. The Morgan fingerprint density at radius 2 is 0.700 bits per heavy atom. The van der Waals surface area contributed by atoms with E-state index in [1.54, 1.807) is 0 Å². The second-order valence-corrected chi connectivity index (χ2v) is 10.5. The molecule has 0 fully saturated rings. The fraction of sp³-hybridized carbons (Fsp3) is 0. The molecule has 4 heterocycles. The summed E-state index contributed by atoms with van der Waals surface area (Å²) in [6, 6.07) is 37.3. The van der Waals surface area contributed by atoms with Gasteiger partial charge in [-0.2, -0.15) is 0 Å². The first kappa shape index (κ1) is 20.5. The van der Waals surface area contributed by atoms with Crippen LogP contribution in [0.1, 0.15) is 0 Å². The molecule has 4 nitrogen and oxygen atoms in total. The van der Waals surface area contributed by atoms with Crippen molar-refractivity contribution in [3.63, 3.8) is 0 Å². The normalized spacial score (nSPS) is 12.5. The molecular formula is C36H18O4. The van der Waals surface area contributed by atoms with Gasteiger partial charge in [0.1, 0.15) is 44.7 Å². The molecule has 0 aliphatic heterocycles. The lowest BCUT2D eigenvalue weighted by molar-refractivity contribution is 0.663. The molecule has 0 saturated heterocycles. The van der Waals surface area contributed by atoms with Crippen LogP contribution in [-0.4, -0.2) is 0 Å². The van der Waals surface area contributed by atoms with Crippen molar-refractivity contribution >= 4 is 87.8 Å². The van der Waals surface area contributed by atoms with Gasteiger partial charge in [-0.1, -0.05) is 48.5 Å². The van der Waals surface area contributed by atoms with Crippen molar-refractivity contribution in [3.8, 4) is 11.1 Å². The molecule has 186 valence electrons. The molecule has 0 saturated carbocycles. The number of hydrogen-bond donors (Lipinski definition) is 0. The molecule has 0 amide bonds. The zero-order chi connectivity index (χ0) is 25.9. The van der Waals surface area contributed by atoms with E-state index in [-0.39, 0.29) is 0 Å². The molecule has 4 aromatic heterocycles. The summed E-state index contributed by atoms with van der Waals surface area (Å²) in [6.07, 6.45) is 0. The zero-order valence-electron chi connectivity index (χ0n) is 21.0. The molecule has 0 spiro atoms. The van der Waals surface area contributed by atoms with Crippen molar-refractivity contribution in [2.24, 2.45) is 0 Å². The van der Waals surface area contributed by atoms with Crippen LogP contribution in [-0.2, 0) is 0 Å². The number of furan rings is 4. The highest BCUT2D eigenvalue weighted by atomic mass is 16.3. The van der Waals surface area contributed by atoms with Crippen LogP contribution in [0, 0.1) is 0 Å². The Bertz CT molecular complexity index is 2660. The number of fused-ring (bicyclic) bond motifs is 13. The second kappa shape index (κ2) is 7.13. The summed E-state index contributed by atoms with van der Waals surface area (Å²) in [7, 11) is 0. The first-order valence-corrected chi connectivity index (χ1v) is 13.3. The van der Waals surface area contributed by atoms with Gasteiger partial charge in [0.15, 0.2) is 0 Å². The third-order valence-electron chi connectivity index (χ3n) is 8.28. The van der Waals surface area contributed by atoms with Crippen LogP contribution in [0.25, 0.3) is 98.9 Å². The van der Waals surface area contributed by atoms with E-state index in [0.29, 0.717) is 0 Å². The highest BCUT2D eigenvalue weighted by molar-refractivity contribution is 6.26. The summed E-state index contributed by atoms with van der Waals surface area (Å²) >= 11 is 0. The van der Waals surface area contributed by atoms with Gasteiger partial charge in [-0.15, -0.1) is 0 Å². The molecule has 40 heavy (non-hydrogen) atoms. The predicted molar refractivity (Wildman–Crippen MR) is 161 cm³/mol. The topological polar surface area (TPSA) is 52.6 Å². The first-order chi connectivity index (χ1) is 19.8. The summed E-state index contributed by atoms with van der Waals surface area (Å²) in [6.45, 7) is 0. The molecule has 10 rings (SSSR count). The maximum atomic E-state index is 6.30. The van der Waals surface area contributed by atoms with E-state index in [4.69, 9.17) is 17.7 Å². The van der Waals surface area contributed by atoms with E-state index in [2.05, 4.69) is 60.7 Å². The molecule has 0 bridgehead atoms. The van der Waals surface area contributed by atoms with Gasteiger partial charge in [-0.05, 0) is 71.8 Å². The lowest BCUT2D eigenvalue weighted by atomic mass is 9.99. The standard InChI is InChI=1S/C36H18O4/c1-3-7-27-21(5-1)24-17-34-25(18-33(24)39-27)23-15-19(9-11-29(23)40-34)20-10-12-30-26(16-20)36-32(38-30)14-13-31-35(36)22-6-2-4-8-28(22)37-31/h1-18H. The van der Waals surface area contributed by atoms with E-state index in [1.807, 2.05) is 48.5 Å². The summed E-state index contributed by atoms with van der Waals surface area (Å²) < 4.78 is 24.9. The Morgan fingerprint density at radius 1 is 0.275 bits per heavy atom. The van der Waals surface area contributed by atoms with Gasteiger partial charge < -0.3 is 17.7 Å². The highest BCUT2D eigenvalue weighted by Gasteiger charge is 2.18. The third-order valence-corrected chi connectivity index (χ3v) is 8.28. The Kier molecular flexibility index (Phi) is 3.65. The maximum Gasteiger partial charge on any atom is 0.136 e. The molecule has 0 aliphatic rings. The second-order valence-electron chi connectivity index (χ2n) is 10.5. The summed E-state index contributed by atoms with van der Waals surface area (Å²) in [5, 5.41) is 8.63. The molecule has 4 heteroatoms. The summed E-state index contributed by atoms with van der Waals surface area (Å²) in [5.74, 6) is 0. The minimum absolute atomic E-state index is 0.858. The fourth-order valence-electron chi connectivity index (χ4n) is 6.44. The maximum absolute atomic E-state index is 6.30. The Morgan fingerprint density at radius 3 is 1.40 bits per heavy atom. The predicted octanol–water partition coefficient (Wildman–Crippen LogP) is 11.0. The average molecular weight is 515 g/mol. The zero-order valence-corrected chi connectivity index (χ0v) is 21.0. The molecule has 0 radical (unpaired) electrons. The van der Waals surface area contributed by atoms with Gasteiger partial charge in [0, 0.05) is 43.1 Å². The third kappa shape index (κ3) is 2.60. The Balaban J connectivity index is 1.22. The first-order valence-electron chi connectivity index (χ1n) is 13.3. The van der Waals surface area contributed by atoms with E-state index in [1.165, 1.54) is 0 Å². The minimum Gasteiger partial charge on any atom is -0.456 e. The smallest absolute Gasteiger partial charge is 0.136 e. The average Bonchev–Trinajstić information content (AvgIpc) is 3.74. The molecule has 0 unspecified atom stereocenters. The lowest BCUT2D eigenvalue weighted by Gasteiger charge is -2.03. The minimum atomic E-state index is 0.858. The van der Waals surface area contributed by atoms with Crippen LogP contribution in [0.15, 0.2) is 127 Å². The summed E-state index contributed by atoms with van der Waals surface area (Å²) in [5.41, 5.74) is 9.15. The number of para-hydroxylation sites is 2. The van der Waals surface area contributed by atoms with Crippen molar-refractivity contribution in [2.75, 3.05) is 0 Å². The fourth-order valence-corrected chi connectivity index (χ4v) is 6.44. The van der Waals surface area contributed by atoms with Gasteiger partial charge in [-0.3, -0.25) is 0 Å². The molecule has 0 atom stereocenters. The van der Waals surface area contributed by atoms with Gasteiger partial charge in [0.2, 0.25) is 0 Å². The van der Waals surface area contributed by atoms with Crippen molar-refractivity contribution in [1.29, 1.82) is 0 Å². The van der Waals surface area contributed by atoms with Crippen LogP contribution in [0.5, 0.6) is 0 Å². The van der Waals surface area contributed by atoms with Crippen molar-refractivity contribution in [2.45, 2.75) is 0 Å². The highest BCUT2D eigenvalue weighted by Crippen LogP contribution is 2.42. The van der Waals surface area contributed by atoms with Crippen molar-refractivity contribution < 1.29 is 17.7 Å². The van der Waals surface area contributed by atoms with Crippen molar-refractivity contribution in [3.05, 3.63) is 109 Å². The van der Waals surface area contributed by atoms with Crippen LogP contribution < -0.4 is 0 Å². The van der Waals surface area contributed by atoms with Crippen LogP contribution in [0.3, 0.4) is 0 Å². The van der Waals surface area contributed by atoms with Gasteiger partial charge in [0.25, 0.3) is 0 Å². The molecule has 0 aliphatic carbocycles. The lowest BCUT2D eigenvalue weighted by Crippen LogP contribution is -1.78. The molecular weight excluding hydrogens is 496 g/mol. The van der Waals surface area contributed by atoms with Gasteiger partial charge >= 0.3 is 0 Å². The van der Waals surface area contributed by atoms with Crippen LogP contribution in [0.2, 0.25) is 0 Å². The Hall–Kier alpha value is -5.48. The number of hydrogen-bond acceptors (Lipinski definition) is 4. The van der Waals surface area contributed by atoms with Gasteiger partial charge in [-0.25, -0.2) is 0 Å². The van der Waals surface area contributed by atoms with E-state index < -0.39 is 0 Å². The van der Waals surface area contributed by atoms with Crippen LogP contribution in [0.4, 0.5) is 0 Å².